The SMILES string of the molecule is CS(=O)(=O)c1cccc(CNC(=O)c2cc(C(F)(F)F)ccc2Sc2ccccc2)c1. The molecular weight excluding hydrogens is 447 g/mol. The first-order chi connectivity index (χ1) is 14.5. The molecule has 3 aromatic rings. The van der Waals surface area contributed by atoms with Gasteiger partial charge in [-0.05, 0) is 48.0 Å². The molecule has 3 aromatic carbocycles. The average Bonchev–Trinajstić information content (AvgIpc) is 2.72. The summed E-state index contributed by atoms with van der Waals surface area (Å²) < 4.78 is 63.0. The van der Waals surface area contributed by atoms with E-state index in [0.717, 1.165) is 23.3 Å². The third-order valence-corrected chi connectivity index (χ3v) is 6.50. The first-order valence-corrected chi connectivity index (χ1v) is 11.8. The summed E-state index contributed by atoms with van der Waals surface area (Å²) in [7, 11) is -3.42. The van der Waals surface area contributed by atoms with Crippen molar-refractivity contribution in [3.8, 4) is 0 Å². The molecule has 0 aliphatic rings. The van der Waals surface area contributed by atoms with Crippen LogP contribution >= 0.6 is 11.8 Å². The zero-order valence-electron chi connectivity index (χ0n) is 16.3. The maximum atomic E-state index is 13.2. The Labute approximate surface area is 182 Å². The van der Waals surface area contributed by atoms with E-state index < -0.39 is 27.5 Å². The average molecular weight is 466 g/mol. The van der Waals surface area contributed by atoms with Crippen LogP contribution in [0.2, 0.25) is 0 Å². The Kier molecular flexibility index (Phi) is 6.76. The third kappa shape index (κ3) is 6.11. The molecule has 0 saturated carbocycles. The Hall–Kier alpha value is -2.78. The predicted octanol–water partition coefficient (Wildman–Crippen LogP) is 5.19. The highest BCUT2D eigenvalue weighted by Gasteiger charge is 2.32. The van der Waals surface area contributed by atoms with Gasteiger partial charge in [0.15, 0.2) is 9.84 Å². The second kappa shape index (κ2) is 9.15. The lowest BCUT2D eigenvalue weighted by atomic mass is 10.1. The van der Waals surface area contributed by atoms with Gasteiger partial charge in [-0.25, -0.2) is 8.42 Å². The van der Waals surface area contributed by atoms with Gasteiger partial charge in [-0.2, -0.15) is 13.2 Å². The van der Waals surface area contributed by atoms with Gasteiger partial charge in [0, 0.05) is 22.6 Å². The second-order valence-corrected chi connectivity index (χ2v) is 9.86. The number of carbonyl (C=O) groups excluding carboxylic acids is 1. The van der Waals surface area contributed by atoms with Crippen molar-refractivity contribution in [3.63, 3.8) is 0 Å². The molecule has 0 unspecified atom stereocenters. The minimum atomic E-state index is -4.59. The van der Waals surface area contributed by atoms with E-state index in [0.29, 0.717) is 10.5 Å². The number of benzene rings is 3. The van der Waals surface area contributed by atoms with Crippen molar-refractivity contribution >= 4 is 27.5 Å². The lowest BCUT2D eigenvalue weighted by Gasteiger charge is -2.14. The van der Waals surface area contributed by atoms with E-state index in [9.17, 15) is 26.4 Å². The second-order valence-electron chi connectivity index (χ2n) is 6.73. The fourth-order valence-corrected chi connectivity index (χ4v) is 4.39. The normalized spacial score (nSPS) is 11.9. The van der Waals surface area contributed by atoms with Gasteiger partial charge in [0.2, 0.25) is 0 Å². The number of hydrogen-bond acceptors (Lipinski definition) is 4. The highest BCUT2D eigenvalue weighted by molar-refractivity contribution is 7.99. The van der Waals surface area contributed by atoms with Crippen molar-refractivity contribution in [1.29, 1.82) is 0 Å². The van der Waals surface area contributed by atoms with Gasteiger partial charge in [0.25, 0.3) is 5.91 Å². The van der Waals surface area contributed by atoms with Crippen molar-refractivity contribution in [1.82, 2.24) is 5.32 Å². The summed E-state index contributed by atoms with van der Waals surface area (Å²) in [4.78, 5) is 14.0. The van der Waals surface area contributed by atoms with E-state index in [-0.39, 0.29) is 17.0 Å². The Morgan fingerprint density at radius 2 is 1.68 bits per heavy atom. The van der Waals surface area contributed by atoms with E-state index in [1.165, 1.54) is 30.0 Å². The van der Waals surface area contributed by atoms with Gasteiger partial charge in [0.1, 0.15) is 0 Å². The highest BCUT2D eigenvalue weighted by atomic mass is 32.2. The maximum absolute atomic E-state index is 13.2. The molecule has 0 aromatic heterocycles. The molecule has 0 spiro atoms. The molecule has 4 nitrogen and oxygen atoms in total. The number of sulfone groups is 1. The first-order valence-electron chi connectivity index (χ1n) is 9.05. The Morgan fingerprint density at radius 1 is 0.968 bits per heavy atom. The highest BCUT2D eigenvalue weighted by Crippen LogP contribution is 2.35. The zero-order valence-corrected chi connectivity index (χ0v) is 17.9. The van der Waals surface area contributed by atoms with E-state index in [2.05, 4.69) is 5.32 Å². The fraction of sp³-hybridized carbons (Fsp3) is 0.136. The van der Waals surface area contributed by atoms with E-state index >= 15 is 0 Å². The van der Waals surface area contributed by atoms with Crippen LogP contribution in [0.3, 0.4) is 0 Å². The number of nitrogens with one attached hydrogen (secondary N) is 1. The molecule has 0 aliphatic heterocycles. The minimum absolute atomic E-state index is 0.0338. The lowest BCUT2D eigenvalue weighted by molar-refractivity contribution is -0.137. The molecule has 0 radical (unpaired) electrons. The summed E-state index contributed by atoms with van der Waals surface area (Å²) in [6.45, 7) is -0.0338. The molecule has 0 heterocycles. The Balaban J connectivity index is 1.87. The van der Waals surface area contributed by atoms with Gasteiger partial charge in [0.05, 0.1) is 16.0 Å². The quantitative estimate of drug-likeness (QED) is 0.544. The molecule has 0 fully saturated rings. The number of carbonyl (C=O) groups is 1. The van der Waals surface area contributed by atoms with Crippen LogP contribution in [0.15, 0.2) is 87.5 Å². The maximum Gasteiger partial charge on any atom is 0.416 e. The van der Waals surface area contributed by atoms with Crippen LogP contribution in [0, 0.1) is 0 Å². The van der Waals surface area contributed by atoms with Crippen LogP contribution in [-0.4, -0.2) is 20.6 Å². The standard InChI is InChI=1S/C22H18F3NO3S2/c1-31(28,29)18-9-5-6-15(12-18)14-26-21(27)19-13-16(22(23,24)25)10-11-20(19)30-17-7-3-2-4-8-17/h2-13H,14H2,1H3,(H,26,27). The van der Waals surface area contributed by atoms with Crippen LogP contribution < -0.4 is 5.32 Å². The molecule has 1 N–H and O–H groups in total. The van der Waals surface area contributed by atoms with Gasteiger partial charge in [-0.3, -0.25) is 4.79 Å². The fourth-order valence-electron chi connectivity index (χ4n) is 2.75. The molecule has 0 saturated heterocycles. The number of amides is 1. The van der Waals surface area contributed by atoms with Crippen LogP contribution in [-0.2, 0) is 22.6 Å². The van der Waals surface area contributed by atoms with Gasteiger partial charge >= 0.3 is 6.18 Å². The van der Waals surface area contributed by atoms with Gasteiger partial charge in [-0.1, -0.05) is 42.1 Å². The summed E-state index contributed by atoms with van der Waals surface area (Å²) in [6, 6.07) is 18.0. The van der Waals surface area contributed by atoms with Crippen molar-refractivity contribution in [2.45, 2.75) is 27.4 Å². The van der Waals surface area contributed by atoms with Crippen molar-refractivity contribution in [3.05, 3.63) is 89.5 Å². The zero-order chi connectivity index (χ0) is 22.6. The summed E-state index contributed by atoms with van der Waals surface area (Å²) >= 11 is 1.18. The number of hydrogen-bond donors (Lipinski definition) is 1. The van der Waals surface area contributed by atoms with Crippen LogP contribution in [0.4, 0.5) is 13.2 Å². The Morgan fingerprint density at radius 3 is 2.32 bits per heavy atom. The van der Waals surface area contributed by atoms with E-state index in [4.69, 9.17) is 0 Å². The minimum Gasteiger partial charge on any atom is -0.348 e. The lowest BCUT2D eigenvalue weighted by Crippen LogP contribution is -2.24. The largest absolute Gasteiger partial charge is 0.416 e. The smallest absolute Gasteiger partial charge is 0.348 e. The molecule has 0 aliphatic carbocycles. The molecule has 9 heteroatoms. The van der Waals surface area contributed by atoms with Crippen LogP contribution in [0.1, 0.15) is 21.5 Å². The monoisotopic (exact) mass is 465 g/mol. The molecule has 1 amide bonds. The molecule has 0 atom stereocenters. The van der Waals surface area contributed by atoms with Gasteiger partial charge in [-0.15, -0.1) is 0 Å². The van der Waals surface area contributed by atoms with Crippen LogP contribution in [0.5, 0.6) is 0 Å². The predicted molar refractivity (Wildman–Crippen MR) is 113 cm³/mol. The van der Waals surface area contributed by atoms with E-state index in [1.54, 1.807) is 36.4 Å². The van der Waals surface area contributed by atoms with Crippen LogP contribution in [0.25, 0.3) is 0 Å². The molecule has 0 bridgehead atoms. The van der Waals surface area contributed by atoms with Crippen molar-refractivity contribution in [2.75, 3.05) is 6.26 Å². The van der Waals surface area contributed by atoms with Gasteiger partial charge < -0.3 is 5.32 Å². The number of alkyl halides is 3. The molecular formula is C22H18F3NO3S2. The summed E-state index contributed by atoms with van der Waals surface area (Å²) in [5, 5.41) is 2.58. The van der Waals surface area contributed by atoms with Crippen molar-refractivity contribution in [2.24, 2.45) is 0 Å². The van der Waals surface area contributed by atoms with E-state index in [1.807, 2.05) is 6.07 Å². The Bertz CT molecular complexity index is 1190. The molecule has 3 rings (SSSR count). The molecule has 31 heavy (non-hydrogen) atoms. The topological polar surface area (TPSA) is 63.2 Å². The molecule has 162 valence electrons. The van der Waals surface area contributed by atoms with Crippen molar-refractivity contribution < 1.29 is 26.4 Å². The number of halogens is 3. The summed E-state index contributed by atoms with van der Waals surface area (Å²) in [5.41, 5.74) is -0.516. The summed E-state index contributed by atoms with van der Waals surface area (Å²) in [5.74, 6) is -0.686. The summed E-state index contributed by atoms with van der Waals surface area (Å²) in [6.07, 6.45) is -3.52. The number of rotatable bonds is 6. The first kappa shape index (κ1) is 22.9. The third-order valence-electron chi connectivity index (χ3n) is 4.30.